The highest BCUT2D eigenvalue weighted by atomic mass is 32.4. The lowest BCUT2D eigenvalue weighted by Gasteiger charge is -2.33. The van der Waals surface area contributed by atoms with Gasteiger partial charge in [0.15, 0.2) is 6.42 Å². The summed E-state index contributed by atoms with van der Waals surface area (Å²) in [5, 5.41) is 0.918. The lowest BCUT2D eigenvalue weighted by Crippen LogP contribution is -2.30. The van der Waals surface area contributed by atoms with Crippen molar-refractivity contribution < 1.29 is 4.89 Å². The minimum Gasteiger partial charge on any atom is -0.350 e. The first kappa shape index (κ1) is 11.3. The molecule has 15 heavy (non-hydrogen) atoms. The van der Waals surface area contributed by atoms with Crippen LogP contribution >= 0.6 is 6.42 Å². The lowest BCUT2D eigenvalue weighted by molar-refractivity contribution is 0.345. The van der Waals surface area contributed by atoms with Crippen LogP contribution in [0, 0.1) is 0 Å². The van der Waals surface area contributed by atoms with E-state index < -0.39 is 6.42 Å². The van der Waals surface area contributed by atoms with Crippen LogP contribution in [0.1, 0.15) is 19.3 Å². The van der Waals surface area contributed by atoms with Gasteiger partial charge in [-0.1, -0.05) is 36.8 Å². The molecule has 4 heteroatoms. The smallest absolute Gasteiger partial charge is 0.159 e. The third-order valence-electron chi connectivity index (χ3n) is 2.81. The Morgan fingerprint density at radius 1 is 1.07 bits per heavy atom. The maximum Gasteiger partial charge on any atom is 0.159 e. The van der Waals surface area contributed by atoms with E-state index >= 15 is 0 Å². The van der Waals surface area contributed by atoms with E-state index in [0.717, 1.165) is 31.2 Å². The SMILES string of the molecule is OP(=S)(c1ccccc1)N1CCCCC1. The van der Waals surface area contributed by atoms with E-state index in [1.807, 2.05) is 30.3 Å². The second-order valence-electron chi connectivity index (χ2n) is 3.89. The van der Waals surface area contributed by atoms with E-state index in [2.05, 4.69) is 4.67 Å². The van der Waals surface area contributed by atoms with Crippen molar-refractivity contribution >= 4 is 23.5 Å². The molecule has 1 saturated heterocycles. The molecule has 2 nitrogen and oxygen atoms in total. The zero-order valence-electron chi connectivity index (χ0n) is 8.67. The van der Waals surface area contributed by atoms with Gasteiger partial charge in [-0.05, 0) is 24.6 Å². The van der Waals surface area contributed by atoms with Crippen LogP contribution in [0.2, 0.25) is 0 Å². The molecule has 0 aromatic heterocycles. The summed E-state index contributed by atoms with van der Waals surface area (Å²) in [6, 6.07) is 9.72. The zero-order valence-corrected chi connectivity index (χ0v) is 10.4. The van der Waals surface area contributed by atoms with Crippen LogP contribution in [0.5, 0.6) is 0 Å². The van der Waals surface area contributed by atoms with Crippen molar-refractivity contribution in [1.82, 2.24) is 4.67 Å². The summed E-state index contributed by atoms with van der Waals surface area (Å²) in [5.41, 5.74) is 0. The van der Waals surface area contributed by atoms with Gasteiger partial charge in [0.1, 0.15) is 0 Å². The summed E-state index contributed by atoms with van der Waals surface area (Å²) in [5.74, 6) is 0. The maximum absolute atomic E-state index is 10.5. The molecule has 1 N–H and O–H groups in total. The van der Waals surface area contributed by atoms with Crippen LogP contribution in [-0.4, -0.2) is 22.7 Å². The Morgan fingerprint density at radius 2 is 1.67 bits per heavy atom. The van der Waals surface area contributed by atoms with Gasteiger partial charge in [-0.3, -0.25) is 4.67 Å². The van der Waals surface area contributed by atoms with E-state index in [-0.39, 0.29) is 0 Å². The highest BCUT2D eigenvalue weighted by molar-refractivity contribution is 8.14. The molecule has 1 atom stereocenters. The summed E-state index contributed by atoms with van der Waals surface area (Å²) in [6.07, 6.45) is 1.13. The molecule has 0 aliphatic carbocycles. The average molecular weight is 241 g/mol. The van der Waals surface area contributed by atoms with Gasteiger partial charge in [-0.2, -0.15) is 0 Å². The predicted octanol–water partition coefficient (Wildman–Crippen LogP) is 2.10. The van der Waals surface area contributed by atoms with E-state index in [1.54, 1.807) is 0 Å². The number of piperidine rings is 1. The van der Waals surface area contributed by atoms with Crippen LogP contribution in [0.25, 0.3) is 0 Å². The van der Waals surface area contributed by atoms with Crippen LogP contribution < -0.4 is 5.30 Å². The highest BCUT2D eigenvalue weighted by Crippen LogP contribution is 2.45. The van der Waals surface area contributed by atoms with Gasteiger partial charge in [-0.15, -0.1) is 0 Å². The van der Waals surface area contributed by atoms with E-state index in [9.17, 15) is 4.89 Å². The van der Waals surface area contributed by atoms with Gasteiger partial charge < -0.3 is 4.89 Å². The number of nitrogens with zero attached hydrogens (tertiary/aromatic N) is 1. The van der Waals surface area contributed by atoms with Crippen LogP contribution in [0.4, 0.5) is 0 Å². The maximum atomic E-state index is 10.5. The molecular weight excluding hydrogens is 225 g/mol. The number of hydrogen-bond donors (Lipinski definition) is 1. The molecule has 1 aromatic rings. The monoisotopic (exact) mass is 241 g/mol. The van der Waals surface area contributed by atoms with Gasteiger partial charge in [0, 0.05) is 18.4 Å². The molecule has 0 radical (unpaired) electrons. The Kier molecular flexibility index (Phi) is 3.57. The van der Waals surface area contributed by atoms with Crippen molar-refractivity contribution in [3.8, 4) is 0 Å². The van der Waals surface area contributed by atoms with E-state index in [4.69, 9.17) is 11.8 Å². The fraction of sp³-hybridized carbons (Fsp3) is 0.455. The van der Waals surface area contributed by atoms with Crippen molar-refractivity contribution in [1.29, 1.82) is 0 Å². The summed E-state index contributed by atoms with van der Waals surface area (Å²) in [6.45, 7) is 1.89. The molecule has 1 aliphatic rings. The van der Waals surface area contributed by atoms with Gasteiger partial charge in [-0.25, -0.2) is 0 Å². The lowest BCUT2D eigenvalue weighted by atomic mass is 10.2. The third kappa shape index (κ3) is 2.48. The molecule has 1 fully saturated rings. The van der Waals surface area contributed by atoms with E-state index in [0.29, 0.717) is 0 Å². The van der Waals surface area contributed by atoms with E-state index in [1.165, 1.54) is 6.42 Å². The number of benzene rings is 1. The Bertz CT molecular complexity index is 362. The van der Waals surface area contributed by atoms with Crippen molar-refractivity contribution in [3.05, 3.63) is 30.3 Å². The minimum absolute atomic E-state index is 0.918. The normalized spacial score (nSPS) is 22.2. The Balaban J connectivity index is 2.22. The summed E-state index contributed by atoms with van der Waals surface area (Å²) >= 11 is 5.42. The molecule has 0 saturated carbocycles. The fourth-order valence-corrected chi connectivity index (χ4v) is 4.50. The quantitative estimate of drug-likeness (QED) is 0.802. The molecule has 82 valence electrons. The van der Waals surface area contributed by atoms with Crippen molar-refractivity contribution in [2.45, 2.75) is 19.3 Å². The predicted molar refractivity (Wildman–Crippen MR) is 68.0 cm³/mol. The molecular formula is C11H16NOPS. The molecule has 0 bridgehead atoms. The Labute approximate surface area is 96.1 Å². The molecule has 1 aliphatic heterocycles. The highest BCUT2D eigenvalue weighted by Gasteiger charge is 2.26. The van der Waals surface area contributed by atoms with Crippen molar-refractivity contribution in [2.75, 3.05) is 13.1 Å². The topological polar surface area (TPSA) is 23.5 Å². The first-order valence-electron chi connectivity index (χ1n) is 5.35. The zero-order chi connectivity index (χ0) is 10.7. The van der Waals surface area contributed by atoms with Gasteiger partial charge in [0.05, 0.1) is 0 Å². The van der Waals surface area contributed by atoms with Crippen LogP contribution in [0.15, 0.2) is 30.3 Å². The molecule has 1 aromatic carbocycles. The standard InChI is InChI=1S/C11H16NOPS/c13-14(15,11-7-3-1-4-8-11)12-9-5-2-6-10-12/h1,3-4,7-8H,2,5-6,9-10H2,(H,13,15). The summed E-state index contributed by atoms with van der Waals surface area (Å²) in [7, 11) is 0. The van der Waals surface area contributed by atoms with Crippen LogP contribution in [0.3, 0.4) is 0 Å². The number of hydrogen-bond acceptors (Lipinski definition) is 1. The van der Waals surface area contributed by atoms with Crippen molar-refractivity contribution in [2.24, 2.45) is 0 Å². The largest absolute Gasteiger partial charge is 0.350 e. The summed E-state index contributed by atoms with van der Waals surface area (Å²) < 4.78 is 2.10. The van der Waals surface area contributed by atoms with Crippen LogP contribution in [-0.2, 0) is 11.8 Å². The Hall–Kier alpha value is -0.210. The minimum atomic E-state index is -2.45. The molecule has 1 heterocycles. The van der Waals surface area contributed by atoms with Crippen molar-refractivity contribution in [3.63, 3.8) is 0 Å². The molecule has 1 unspecified atom stereocenters. The molecule has 0 amide bonds. The third-order valence-corrected chi connectivity index (χ3v) is 6.27. The first-order chi connectivity index (χ1) is 7.21. The summed E-state index contributed by atoms with van der Waals surface area (Å²) in [4.78, 5) is 10.5. The molecule has 0 spiro atoms. The van der Waals surface area contributed by atoms with Gasteiger partial charge in [0.2, 0.25) is 0 Å². The number of rotatable bonds is 2. The molecule has 2 rings (SSSR count). The first-order valence-corrected chi connectivity index (χ1v) is 8.06. The fourth-order valence-electron chi connectivity index (χ4n) is 1.93. The van der Waals surface area contributed by atoms with Gasteiger partial charge >= 0.3 is 0 Å². The average Bonchev–Trinajstić information content (AvgIpc) is 2.31. The van der Waals surface area contributed by atoms with Gasteiger partial charge in [0.25, 0.3) is 0 Å². The second kappa shape index (κ2) is 4.75. The second-order valence-corrected chi connectivity index (χ2v) is 7.59. The Morgan fingerprint density at radius 3 is 2.27 bits per heavy atom.